The van der Waals surface area contributed by atoms with Gasteiger partial charge in [0.1, 0.15) is 17.7 Å². The Kier molecular flexibility index (Phi) is 3.70. The van der Waals surface area contributed by atoms with Crippen LogP contribution in [-0.2, 0) is 0 Å². The predicted molar refractivity (Wildman–Crippen MR) is 79.0 cm³/mol. The summed E-state index contributed by atoms with van der Waals surface area (Å²) in [6, 6.07) is 18.0. The van der Waals surface area contributed by atoms with Gasteiger partial charge in [-0.2, -0.15) is 10.5 Å². The molecule has 0 heterocycles. The molecule has 2 rings (SSSR count). The molecule has 0 saturated carbocycles. The smallest absolute Gasteiger partial charge is 0.138 e. The van der Waals surface area contributed by atoms with Crippen LogP contribution in [0.5, 0.6) is 0 Å². The Morgan fingerprint density at radius 3 is 1.60 bits per heavy atom. The van der Waals surface area contributed by atoms with E-state index in [1.807, 2.05) is 24.3 Å². The van der Waals surface area contributed by atoms with E-state index in [4.69, 9.17) is 22.0 Å². The lowest BCUT2D eigenvalue weighted by atomic mass is 9.93. The van der Waals surface area contributed by atoms with E-state index in [1.54, 1.807) is 36.4 Å². The second-order valence-electron chi connectivity index (χ2n) is 4.22. The van der Waals surface area contributed by atoms with Gasteiger partial charge >= 0.3 is 0 Å². The van der Waals surface area contributed by atoms with Gasteiger partial charge in [0, 0.05) is 16.9 Å². The third-order valence-corrected chi connectivity index (χ3v) is 2.82. The van der Waals surface area contributed by atoms with Gasteiger partial charge in [0.2, 0.25) is 0 Å². The molecule has 4 N–H and O–H groups in total. The summed E-state index contributed by atoms with van der Waals surface area (Å²) in [7, 11) is 0. The monoisotopic (exact) mass is 260 g/mol. The number of nitrogens with two attached hydrogens (primary N) is 2. The van der Waals surface area contributed by atoms with Gasteiger partial charge in [-0.3, -0.25) is 0 Å². The van der Waals surface area contributed by atoms with Crippen LogP contribution in [0.2, 0.25) is 0 Å². The summed E-state index contributed by atoms with van der Waals surface area (Å²) in [5, 5.41) is 18.3. The third kappa shape index (κ3) is 2.60. The van der Waals surface area contributed by atoms with Gasteiger partial charge in [-0.05, 0) is 35.4 Å². The van der Waals surface area contributed by atoms with Crippen LogP contribution in [0.15, 0.2) is 54.1 Å². The first kappa shape index (κ1) is 13.2. The molecule has 4 nitrogen and oxygen atoms in total. The van der Waals surface area contributed by atoms with Crippen LogP contribution in [0.3, 0.4) is 0 Å². The number of allylic oxidation sites excluding steroid dienone is 1. The minimum Gasteiger partial charge on any atom is -0.399 e. The van der Waals surface area contributed by atoms with E-state index in [2.05, 4.69) is 0 Å². The van der Waals surface area contributed by atoms with Crippen LogP contribution in [0.4, 0.5) is 11.4 Å². The lowest BCUT2D eigenvalue weighted by molar-refractivity contribution is 1.44. The quantitative estimate of drug-likeness (QED) is 0.640. The first-order chi connectivity index (χ1) is 9.65. The highest BCUT2D eigenvalue weighted by molar-refractivity contribution is 5.88. The Morgan fingerprint density at radius 1 is 0.800 bits per heavy atom. The maximum atomic E-state index is 9.16. The molecule has 0 aliphatic heterocycles. The zero-order chi connectivity index (χ0) is 14.5. The molecular weight excluding hydrogens is 248 g/mol. The summed E-state index contributed by atoms with van der Waals surface area (Å²) >= 11 is 0. The van der Waals surface area contributed by atoms with Crippen LogP contribution in [0.25, 0.3) is 5.57 Å². The number of hydrogen-bond acceptors (Lipinski definition) is 4. The number of nitrogen functional groups attached to an aromatic ring is 2. The number of anilines is 2. The molecule has 2 aromatic rings. The zero-order valence-corrected chi connectivity index (χ0v) is 10.7. The van der Waals surface area contributed by atoms with Gasteiger partial charge in [0.25, 0.3) is 0 Å². The first-order valence-corrected chi connectivity index (χ1v) is 5.92. The molecule has 0 atom stereocenters. The van der Waals surface area contributed by atoms with Crippen LogP contribution in [0, 0.1) is 22.7 Å². The molecule has 0 radical (unpaired) electrons. The van der Waals surface area contributed by atoms with Crippen LogP contribution in [-0.4, -0.2) is 0 Å². The molecule has 0 fully saturated rings. The summed E-state index contributed by atoms with van der Waals surface area (Å²) in [6.07, 6.45) is 0. The van der Waals surface area contributed by atoms with Gasteiger partial charge in [0.05, 0.1) is 0 Å². The van der Waals surface area contributed by atoms with Crippen molar-refractivity contribution >= 4 is 16.9 Å². The van der Waals surface area contributed by atoms with Gasteiger partial charge in [-0.1, -0.05) is 24.3 Å². The summed E-state index contributed by atoms with van der Waals surface area (Å²) in [5.74, 6) is 0. The van der Waals surface area contributed by atoms with Gasteiger partial charge in [0.15, 0.2) is 0 Å². The highest BCUT2D eigenvalue weighted by atomic mass is 14.5. The van der Waals surface area contributed by atoms with Gasteiger partial charge in [-0.25, -0.2) is 0 Å². The fraction of sp³-hybridized carbons (Fsp3) is 0. The number of nitriles is 2. The fourth-order valence-corrected chi connectivity index (χ4v) is 1.98. The fourth-order valence-electron chi connectivity index (χ4n) is 1.98. The lowest BCUT2D eigenvalue weighted by Crippen LogP contribution is -1.95. The molecule has 0 aliphatic carbocycles. The molecule has 4 heteroatoms. The van der Waals surface area contributed by atoms with E-state index < -0.39 is 0 Å². The SMILES string of the molecule is N#CC(C#N)=C(c1cccc(N)c1)c1cccc(N)c1. The standard InChI is InChI=1S/C16H12N4/c17-9-13(10-18)16(11-3-1-5-14(19)7-11)12-4-2-6-15(20)8-12/h1-8H,19-20H2. The van der Waals surface area contributed by atoms with E-state index in [0.717, 1.165) is 0 Å². The maximum Gasteiger partial charge on any atom is 0.138 e. The number of benzene rings is 2. The Bertz CT molecular complexity index is 697. The Labute approximate surface area is 117 Å². The molecule has 96 valence electrons. The summed E-state index contributed by atoms with van der Waals surface area (Å²) < 4.78 is 0. The molecular formula is C16H12N4. The van der Waals surface area contributed by atoms with Gasteiger partial charge < -0.3 is 11.5 Å². The van der Waals surface area contributed by atoms with Crippen molar-refractivity contribution in [3.8, 4) is 12.1 Å². The maximum absolute atomic E-state index is 9.16. The molecule has 0 amide bonds. The normalized spacial score (nSPS) is 9.30. The molecule has 0 bridgehead atoms. The van der Waals surface area contributed by atoms with Crippen molar-refractivity contribution in [2.24, 2.45) is 0 Å². The van der Waals surface area contributed by atoms with Crippen molar-refractivity contribution < 1.29 is 0 Å². The highest BCUT2D eigenvalue weighted by Crippen LogP contribution is 2.28. The predicted octanol–water partition coefficient (Wildman–Crippen LogP) is 2.70. The largest absolute Gasteiger partial charge is 0.399 e. The second-order valence-corrected chi connectivity index (χ2v) is 4.22. The number of hydrogen-bond donors (Lipinski definition) is 2. The minimum atomic E-state index is 0.0289. The summed E-state index contributed by atoms with van der Waals surface area (Å²) in [4.78, 5) is 0. The average Bonchev–Trinajstić information content (AvgIpc) is 2.44. The number of rotatable bonds is 2. The van der Waals surface area contributed by atoms with Crippen molar-refractivity contribution in [3.05, 3.63) is 65.2 Å². The second kappa shape index (κ2) is 5.60. The molecule has 20 heavy (non-hydrogen) atoms. The van der Waals surface area contributed by atoms with Gasteiger partial charge in [-0.15, -0.1) is 0 Å². The topological polar surface area (TPSA) is 99.6 Å². The molecule has 0 saturated heterocycles. The highest BCUT2D eigenvalue weighted by Gasteiger charge is 2.12. The molecule has 0 spiro atoms. The zero-order valence-electron chi connectivity index (χ0n) is 10.7. The average molecular weight is 260 g/mol. The Hall–Kier alpha value is -3.24. The molecule has 0 unspecified atom stereocenters. The van der Waals surface area contributed by atoms with Crippen LogP contribution < -0.4 is 11.5 Å². The van der Waals surface area contributed by atoms with E-state index in [1.165, 1.54) is 0 Å². The first-order valence-electron chi connectivity index (χ1n) is 5.92. The van der Waals surface area contributed by atoms with E-state index in [-0.39, 0.29) is 5.57 Å². The Balaban J connectivity index is 2.74. The lowest BCUT2D eigenvalue weighted by Gasteiger charge is -2.10. The summed E-state index contributed by atoms with van der Waals surface area (Å²) in [6.45, 7) is 0. The van der Waals surface area contributed by atoms with Crippen LogP contribution in [0.1, 0.15) is 11.1 Å². The van der Waals surface area contributed by atoms with Crippen molar-refractivity contribution in [2.45, 2.75) is 0 Å². The molecule has 0 aromatic heterocycles. The van der Waals surface area contributed by atoms with E-state index in [0.29, 0.717) is 28.1 Å². The third-order valence-electron chi connectivity index (χ3n) is 2.82. The van der Waals surface area contributed by atoms with E-state index in [9.17, 15) is 0 Å². The minimum absolute atomic E-state index is 0.0289. The van der Waals surface area contributed by atoms with Crippen molar-refractivity contribution in [2.75, 3.05) is 11.5 Å². The van der Waals surface area contributed by atoms with Crippen molar-refractivity contribution in [3.63, 3.8) is 0 Å². The van der Waals surface area contributed by atoms with Crippen molar-refractivity contribution in [1.82, 2.24) is 0 Å². The number of nitrogens with zero attached hydrogens (tertiary/aromatic N) is 2. The molecule has 0 aliphatic rings. The Morgan fingerprint density at radius 2 is 1.25 bits per heavy atom. The van der Waals surface area contributed by atoms with Crippen LogP contribution >= 0.6 is 0 Å². The molecule has 2 aromatic carbocycles. The van der Waals surface area contributed by atoms with Crippen molar-refractivity contribution in [1.29, 1.82) is 10.5 Å². The summed E-state index contributed by atoms with van der Waals surface area (Å²) in [5.41, 5.74) is 14.7. The van der Waals surface area contributed by atoms with E-state index >= 15 is 0 Å².